The highest BCUT2D eigenvalue weighted by Gasteiger charge is 2.39. The van der Waals surface area contributed by atoms with Crippen molar-refractivity contribution in [2.75, 3.05) is 18.7 Å². The quantitative estimate of drug-likeness (QED) is 0.783. The number of halogens is 1. The summed E-state index contributed by atoms with van der Waals surface area (Å²) >= 11 is 5.87. The first-order chi connectivity index (χ1) is 8.20. The molecule has 1 fully saturated rings. The maximum absolute atomic E-state index is 11.9. The number of sulfone groups is 1. The standard InChI is InChI=1S/C12H22ClNO3S/c1-12(2,18(3,16)17)11(15)14-8-10-6-4-5-9(10)7-13/h9-10H,4-8H2,1-3H3,(H,14,15). The van der Waals surface area contributed by atoms with E-state index in [1.54, 1.807) is 0 Å². The van der Waals surface area contributed by atoms with Crippen molar-refractivity contribution >= 4 is 27.3 Å². The maximum atomic E-state index is 11.9. The third-order valence-electron chi connectivity index (χ3n) is 4.01. The molecule has 1 rings (SSSR count). The molecule has 0 aromatic heterocycles. The highest BCUT2D eigenvalue weighted by molar-refractivity contribution is 7.92. The average molecular weight is 296 g/mol. The van der Waals surface area contributed by atoms with Crippen molar-refractivity contribution in [3.8, 4) is 0 Å². The summed E-state index contributed by atoms with van der Waals surface area (Å²) in [6, 6.07) is 0. The predicted molar refractivity (Wildman–Crippen MR) is 73.5 cm³/mol. The van der Waals surface area contributed by atoms with Gasteiger partial charge in [-0.1, -0.05) is 6.42 Å². The van der Waals surface area contributed by atoms with E-state index in [-0.39, 0.29) is 0 Å². The summed E-state index contributed by atoms with van der Waals surface area (Å²) in [5.74, 6) is 0.996. The molecule has 1 N–H and O–H groups in total. The van der Waals surface area contributed by atoms with E-state index in [0.717, 1.165) is 25.5 Å². The van der Waals surface area contributed by atoms with Gasteiger partial charge in [-0.05, 0) is 38.5 Å². The van der Waals surface area contributed by atoms with Crippen molar-refractivity contribution < 1.29 is 13.2 Å². The second kappa shape index (κ2) is 5.78. The highest BCUT2D eigenvalue weighted by Crippen LogP contribution is 2.32. The van der Waals surface area contributed by atoms with E-state index >= 15 is 0 Å². The first kappa shape index (κ1) is 15.8. The molecular weight excluding hydrogens is 274 g/mol. The van der Waals surface area contributed by atoms with Crippen LogP contribution in [0.4, 0.5) is 0 Å². The summed E-state index contributed by atoms with van der Waals surface area (Å²) in [5, 5.41) is 2.76. The first-order valence-electron chi connectivity index (χ1n) is 6.24. The van der Waals surface area contributed by atoms with Gasteiger partial charge in [-0.15, -0.1) is 11.6 Å². The molecule has 0 aliphatic heterocycles. The lowest BCUT2D eigenvalue weighted by Gasteiger charge is -2.24. The van der Waals surface area contributed by atoms with E-state index < -0.39 is 20.5 Å². The Morgan fingerprint density at radius 1 is 1.33 bits per heavy atom. The number of hydrogen-bond donors (Lipinski definition) is 1. The van der Waals surface area contributed by atoms with Gasteiger partial charge in [0.1, 0.15) is 4.75 Å². The SMILES string of the molecule is CC(C)(C(=O)NCC1CCCC1CCl)S(C)(=O)=O. The molecule has 2 unspecified atom stereocenters. The fourth-order valence-corrected chi connectivity index (χ4v) is 3.01. The van der Waals surface area contributed by atoms with Gasteiger partial charge in [0.25, 0.3) is 0 Å². The van der Waals surface area contributed by atoms with Crippen LogP contribution in [-0.2, 0) is 14.6 Å². The Bertz CT molecular complexity index is 406. The molecule has 0 saturated heterocycles. The molecule has 0 bridgehead atoms. The van der Waals surface area contributed by atoms with Crippen molar-refractivity contribution in [2.45, 2.75) is 37.9 Å². The molecule has 1 aliphatic rings. The van der Waals surface area contributed by atoms with E-state index in [9.17, 15) is 13.2 Å². The second-order valence-corrected chi connectivity index (χ2v) is 8.47. The predicted octanol–water partition coefficient (Wildman–Crippen LogP) is 1.58. The second-order valence-electron chi connectivity index (χ2n) is 5.60. The normalized spacial score (nSPS) is 25.1. The minimum Gasteiger partial charge on any atom is -0.354 e. The fourth-order valence-electron chi connectivity index (χ4n) is 2.19. The molecule has 1 aliphatic carbocycles. The monoisotopic (exact) mass is 295 g/mol. The van der Waals surface area contributed by atoms with Gasteiger partial charge in [0.05, 0.1) is 0 Å². The van der Waals surface area contributed by atoms with Crippen molar-refractivity contribution in [2.24, 2.45) is 11.8 Å². The van der Waals surface area contributed by atoms with Gasteiger partial charge >= 0.3 is 0 Å². The molecule has 6 heteroatoms. The average Bonchev–Trinajstić information content (AvgIpc) is 2.71. The van der Waals surface area contributed by atoms with Crippen LogP contribution in [0, 0.1) is 11.8 Å². The summed E-state index contributed by atoms with van der Waals surface area (Å²) in [7, 11) is -3.40. The largest absolute Gasteiger partial charge is 0.354 e. The summed E-state index contributed by atoms with van der Waals surface area (Å²) in [4.78, 5) is 11.9. The topological polar surface area (TPSA) is 63.2 Å². The van der Waals surface area contributed by atoms with Gasteiger partial charge in [0, 0.05) is 18.7 Å². The van der Waals surface area contributed by atoms with Crippen LogP contribution in [0.3, 0.4) is 0 Å². The number of amides is 1. The molecule has 0 heterocycles. The van der Waals surface area contributed by atoms with E-state index in [2.05, 4.69) is 5.32 Å². The van der Waals surface area contributed by atoms with Crippen LogP contribution in [0.5, 0.6) is 0 Å². The molecule has 0 aromatic carbocycles. The van der Waals surface area contributed by atoms with Crippen LogP contribution in [-0.4, -0.2) is 37.8 Å². The van der Waals surface area contributed by atoms with Gasteiger partial charge in [-0.25, -0.2) is 8.42 Å². The number of hydrogen-bond acceptors (Lipinski definition) is 3. The molecule has 0 radical (unpaired) electrons. The molecule has 1 saturated carbocycles. The van der Waals surface area contributed by atoms with Crippen LogP contribution >= 0.6 is 11.6 Å². The molecule has 0 spiro atoms. The number of alkyl halides is 1. The molecule has 2 atom stereocenters. The van der Waals surface area contributed by atoms with E-state index in [1.165, 1.54) is 13.8 Å². The summed E-state index contributed by atoms with van der Waals surface area (Å²) < 4.78 is 21.7. The zero-order valence-corrected chi connectivity index (χ0v) is 12.8. The molecule has 106 valence electrons. The third kappa shape index (κ3) is 3.38. The number of nitrogens with one attached hydrogen (secondary N) is 1. The van der Waals surface area contributed by atoms with Crippen molar-refractivity contribution in [1.29, 1.82) is 0 Å². The minimum atomic E-state index is -3.40. The fraction of sp³-hybridized carbons (Fsp3) is 0.917. The Kier molecular flexibility index (Phi) is 5.06. The Morgan fingerprint density at radius 3 is 2.39 bits per heavy atom. The summed E-state index contributed by atoms with van der Waals surface area (Å²) in [6.07, 6.45) is 4.37. The molecule has 4 nitrogen and oxygen atoms in total. The van der Waals surface area contributed by atoms with Crippen LogP contribution < -0.4 is 5.32 Å². The van der Waals surface area contributed by atoms with E-state index in [4.69, 9.17) is 11.6 Å². The van der Waals surface area contributed by atoms with Gasteiger partial charge in [0.2, 0.25) is 5.91 Å². The lowest BCUT2D eigenvalue weighted by molar-refractivity contribution is -0.123. The zero-order valence-electron chi connectivity index (χ0n) is 11.2. The van der Waals surface area contributed by atoms with E-state index in [0.29, 0.717) is 24.3 Å². The molecule has 18 heavy (non-hydrogen) atoms. The number of carbonyl (C=O) groups is 1. The maximum Gasteiger partial charge on any atom is 0.240 e. The Labute approximate surface area is 114 Å². The number of rotatable bonds is 5. The van der Waals surface area contributed by atoms with Crippen LogP contribution in [0.25, 0.3) is 0 Å². The minimum absolute atomic E-state index is 0.377. The Hall–Kier alpha value is -0.290. The number of carbonyl (C=O) groups excluding carboxylic acids is 1. The van der Waals surface area contributed by atoms with E-state index in [1.807, 2.05) is 0 Å². The molecule has 1 amide bonds. The Balaban J connectivity index is 2.56. The van der Waals surface area contributed by atoms with Crippen molar-refractivity contribution in [1.82, 2.24) is 5.32 Å². The summed E-state index contributed by atoms with van der Waals surface area (Å²) in [6.45, 7) is 3.39. The lowest BCUT2D eigenvalue weighted by Crippen LogP contribution is -2.48. The van der Waals surface area contributed by atoms with Crippen LogP contribution in [0.15, 0.2) is 0 Å². The van der Waals surface area contributed by atoms with Crippen molar-refractivity contribution in [3.63, 3.8) is 0 Å². The van der Waals surface area contributed by atoms with Gasteiger partial charge in [0.15, 0.2) is 9.84 Å². The van der Waals surface area contributed by atoms with Crippen molar-refractivity contribution in [3.05, 3.63) is 0 Å². The highest BCUT2D eigenvalue weighted by atomic mass is 35.5. The zero-order chi connectivity index (χ0) is 14.0. The molecular formula is C12H22ClNO3S. The Morgan fingerprint density at radius 2 is 1.89 bits per heavy atom. The molecule has 0 aromatic rings. The van der Waals surface area contributed by atoms with Crippen LogP contribution in [0.1, 0.15) is 33.1 Å². The third-order valence-corrected chi connectivity index (χ3v) is 6.45. The van der Waals surface area contributed by atoms with Crippen LogP contribution in [0.2, 0.25) is 0 Å². The lowest BCUT2D eigenvalue weighted by atomic mass is 9.98. The van der Waals surface area contributed by atoms with Gasteiger partial charge in [-0.2, -0.15) is 0 Å². The first-order valence-corrected chi connectivity index (χ1v) is 8.66. The van der Waals surface area contributed by atoms with Gasteiger partial charge in [-0.3, -0.25) is 4.79 Å². The van der Waals surface area contributed by atoms with Gasteiger partial charge < -0.3 is 5.32 Å². The summed E-state index contributed by atoms with van der Waals surface area (Å²) in [5.41, 5.74) is 0. The smallest absolute Gasteiger partial charge is 0.240 e.